The zero-order valence-corrected chi connectivity index (χ0v) is 16.7. The van der Waals surface area contributed by atoms with Crippen molar-refractivity contribution < 1.29 is 9.53 Å². The van der Waals surface area contributed by atoms with Crippen LogP contribution in [0.2, 0.25) is 0 Å². The number of guanidine groups is 1. The Hall–Kier alpha value is -2.50. The number of rotatable bonds is 7. The van der Waals surface area contributed by atoms with E-state index in [-0.39, 0.29) is 5.91 Å². The number of methoxy groups -OCH3 is 1. The Morgan fingerprint density at radius 2 is 2.11 bits per heavy atom. The molecule has 3 rings (SSSR count). The van der Waals surface area contributed by atoms with E-state index in [1.807, 2.05) is 32.1 Å². The summed E-state index contributed by atoms with van der Waals surface area (Å²) in [5.41, 5.74) is 2.04. The van der Waals surface area contributed by atoms with E-state index in [4.69, 9.17) is 9.73 Å². The molecule has 2 heterocycles. The average molecular weight is 370 g/mol. The molecule has 6 nitrogen and oxygen atoms in total. The maximum Gasteiger partial charge on any atom is 0.246 e. The molecule has 1 aromatic rings. The van der Waals surface area contributed by atoms with Crippen LogP contribution >= 0.6 is 0 Å². The van der Waals surface area contributed by atoms with Crippen LogP contribution in [0.4, 0.5) is 0 Å². The Bertz CT molecular complexity index is 726. The van der Waals surface area contributed by atoms with Crippen LogP contribution in [0.5, 0.6) is 5.75 Å². The van der Waals surface area contributed by atoms with Gasteiger partial charge in [0.15, 0.2) is 5.96 Å². The molecular weight excluding hydrogens is 340 g/mol. The highest BCUT2D eigenvalue weighted by Gasteiger charge is 2.40. The number of carbonyl (C=O) groups excluding carboxylic acids is 1. The second-order valence-corrected chi connectivity index (χ2v) is 7.27. The maximum absolute atomic E-state index is 12.0. The second kappa shape index (κ2) is 8.46. The number of ether oxygens (including phenoxy) is 1. The molecule has 0 aromatic heterocycles. The van der Waals surface area contributed by atoms with E-state index < -0.39 is 0 Å². The van der Waals surface area contributed by atoms with Crippen LogP contribution in [0.1, 0.15) is 26.3 Å². The normalized spacial score (nSPS) is 21.9. The first-order valence-electron chi connectivity index (χ1n) is 9.65. The van der Waals surface area contributed by atoms with Crippen molar-refractivity contribution in [2.24, 2.45) is 4.99 Å². The van der Waals surface area contributed by atoms with E-state index in [1.54, 1.807) is 7.11 Å². The molecule has 2 atom stereocenters. The highest BCUT2D eigenvalue weighted by Crippen LogP contribution is 2.26. The van der Waals surface area contributed by atoms with Crippen LogP contribution in [0, 0.1) is 0 Å². The molecule has 0 radical (unpaired) electrons. The number of aliphatic imine (C=N–C) groups is 1. The molecule has 1 amide bonds. The van der Waals surface area contributed by atoms with Crippen LogP contribution in [0.15, 0.2) is 40.9 Å². The number of nitrogens with zero attached hydrogens (tertiary/aromatic N) is 3. The van der Waals surface area contributed by atoms with Gasteiger partial charge in [0.1, 0.15) is 5.75 Å². The fourth-order valence-corrected chi connectivity index (χ4v) is 3.66. The molecule has 1 aromatic carbocycles. The van der Waals surface area contributed by atoms with E-state index in [2.05, 4.69) is 34.2 Å². The highest BCUT2D eigenvalue weighted by atomic mass is 16.5. The summed E-state index contributed by atoms with van der Waals surface area (Å²) in [6.07, 6.45) is 2.79. The quantitative estimate of drug-likeness (QED) is 0.747. The summed E-state index contributed by atoms with van der Waals surface area (Å²) in [4.78, 5) is 21.5. The van der Waals surface area contributed by atoms with Crippen molar-refractivity contribution in [2.75, 3.05) is 33.3 Å². The molecule has 0 aliphatic carbocycles. The Morgan fingerprint density at radius 3 is 2.78 bits per heavy atom. The Balaban J connectivity index is 1.66. The molecule has 146 valence electrons. The van der Waals surface area contributed by atoms with Crippen LogP contribution in [0.25, 0.3) is 0 Å². The van der Waals surface area contributed by atoms with Gasteiger partial charge in [0.05, 0.1) is 19.7 Å². The zero-order chi connectivity index (χ0) is 19.4. The number of hydrogen-bond donors (Lipinski definition) is 1. The zero-order valence-electron chi connectivity index (χ0n) is 16.7. The van der Waals surface area contributed by atoms with Crippen molar-refractivity contribution in [1.29, 1.82) is 0 Å². The molecular formula is C21H30N4O2. The van der Waals surface area contributed by atoms with Crippen molar-refractivity contribution in [1.82, 2.24) is 15.1 Å². The fraction of sp³-hybridized carbons (Fsp3) is 0.524. The van der Waals surface area contributed by atoms with Gasteiger partial charge in [-0.1, -0.05) is 18.2 Å². The largest absolute Gasteiger partial charge is 0.497 e. The van der Waals surface area contributed by atoms with Gasteiger partial charge >= 0.3 is 0 Å². The Labute approximate surface area is 161 Å². The molecule has 0 unspecified atom stereocenters. The molecule has 1 N–H and O–H groups in total. The third-order valence-electron chi connectivity index (χ3n) is 5.45. The molecule has 27 heavy (non-hydrogen) atoms. The van der Waals surface area contributed by atoms with Crippen LogP contribution < -0.4 is 10.1 Å². The van der Waals surface area contributed by atoms with Crippen molar-refractivity contribution in [3.8, 4) is 5.75 Å². The Morgan fingerprint density at radius 1 is 1.37 bits per heavy atom. The highest BCUT2D eigenvalue weighted by molar-refractivity contribution is 5.92. The summed E-state index contributed by atoms with van der Waals surface area (Å²) in [7, 11) is 1.69. The van der Waals surface area contributed by atoms with Crippen molar-refractivity contribution in [3.63, 3.8) is 0 Å². The predicted octanol–water partition coefficient (Wildman–Crippen LogP) is 2.06. The van der Waals surface area contributed by atoms with Gasteiger partial charge in [-0.25, -0.2) is 0 Å². The third-order valence-corrected chi connectivity index (χ3v) is 5.45. The van der Waals surface area contributed by atoms with E-state index in [1.165, 1.54) is 5.56 Å². The summed E-state index contributed by atoms with van der Waals surface area (Å²) in [6.45, 7) is 9.16. The van der Waals surface area contributed by atoms with E-state index >= 15 is 0 Å². The van der Waals surface area contributed by atoms with Gasteiger partial charge in [0, 0.05) is 31.2 Å². The number of carbonyl (C=O) groups is 1. The number of fused-ring (bicyclic) bond motifs is 1. The van der Waals surface area contributed by atoms with Gasteiger partial charge in [-0.05, 0) is 44.9 Å². The first-order chi connectivity index (χ1) is 13.0. The van der Waals surface area contributed by atoms with Gasteiger partial charge in [-0.15, -0.1) is 0 Å². The maximum atomic E-state index is 12.0. The van der Waals surface area contributed by atoms with E-state index in [9.17, 15) is 4.79 Å². The summed E-state index contributed by atoms with van der Waals surface area (Å²) >= 11 is 0. The third kappa shape index (κ3) is 4.26. The summed E-state index contributed by atoms with van der Waals surface area (Å²) in [5, 5.41) is 3.01. The smallest absolute Gasteiger partial charge is 0.246 e. The van der Waals surface area contributed by atoms with Gasteiger partial charge in [0.2, 0.25) is 5.91 Å². The van der Waals surface area contributed by atoms with Crippen molar-refractivity contribution in [2.45, 2.75) is 39.3 Å². The number of hydrogen-bond acceptors (Lipinski definition) is 5. The second-order valence-electron chi connectivity index (χ2n) is 7.27. The van der Waals surface area contributed by atoms with Gasteiger partial charge in [0.25, 0.3) is 0 Å². The molecule has 0 saturated carbocycles. The minimum Gasteiger partial charge on any atom is -0.497 e. The average Bonchev–Trinajstić information content (AvgIpc) is 3.21. The first kappa shape index (κ1) is 19.3. The first-order valence-corrected chi connectivity index (χ1v) is 9.65. The number of amides is 1. The lowest BCUT2D eigenvalue weighted by atomic mass is 10.0. The SMILES string of the molecule is C/C=C(\C)C(=O)NCCN1C2=NC[C@H](C)N2C[C@@H]1Cc1ccc(OC)cc1. The summed E-state index contributed by atoms with van der Waals surface area (Å²) in [5.74, 6) is 1.96. The topological polar surface area (TPSA) is 57.2 Å². The summed E-state index contributed by atoms with van der Waals surface area (Å²) in [6, 6.07) is 9.08. The molecule has 1 saturated heterocycles. The molecule has 1 fully saturated rings. The van der Waals surface area contributed by atoms with Gasteiger partial charge in [-0.3, -0.25) is 9.79 Å². The van der Waals surface area contributed by atoms with Crippen LogP contribution in [-0.4, -0.2) is 67.0 Å². The van der Waals surface area contributed by atoms with Crippen molar-refractivity contribution >= 4 is 11.9 Å². The predicted molar refractivity (Wildman–Crippen MR) is 108 cm³/mol. The molecule has 2 aliphatic rings. The van der Waals surface area contributed by atoms with E-state index in [0.29, 0.717) is 18.6 Å². The molecule has 6 heteroatoms. The van der Waals surface area contributed by atoms with E-state index in [0.717, 1.165) is 43.3 Å². The summed E-state index contributed by atoms with van der Waals surface area (Å²) < 4.78 is 5.26. The lowest BCUT2D eigenvalue weighted by Crippen LogP contribution is -2.42. The number of allylic oxidation sites excluding steroid dienone is 1. The van der Waals surface area contributed by atoms with Gasteiger partial charge < -0.3 is 19.9 Å². The fourth-order valence-electron chi connectivity index (χ4n) is 3.66. The van der Waals surface area contributed by atoms with Crippen LogP contribution in [-0.2, 0) is 11.2 Å². The molecule has 2 aliphatic heterocycles. The van der Waals surface area contributed by atoms with Crippen molar-refractivity contribution in [3.05, 3.63) is 41.5 Å². The lowest BCUT2D eigenvalue weighted by Gasteiger charge is -2.25. The molecule has 0 bridgehead atoms. The lowest BCUT2D eigenvalue weighted by molar-refractivity contribution is -0.117. The van der Waals surface area contributed by atoms with Gasteiger partial charge in [-0.2, -0.15) is 0 Å². The molecule has 0 spiro atoms. The standard InChI is InChI=1S/C21H30N4O2/c1-5-15(2)20(26)22-10-11-24-18(14-25-16(3)13-23-21(24)25)12-17-6-8-19(27-4)9-7-17/h5-9,16,18H,10-14H2,1-4H3,(H,22,26)/b15-5+/t16-,18-/m0/s1. The van der Waals surface area contributed by atoms with Crippen LogP contribution in [0.3, 0.4) is 0 Å². The minimum atomic E-state index is 0.00184. The number of benzene rings is 1. The number of nitrogens with one attached hydrogen (secondary N) is 1. The monoisotopic (exact) mass is 370 g/mol. The Kier molecular flexibility index (Phi) is 6.04. The minimum absolute atomic E-state index is 0.00184.